The van der Waals surface area contributed by atoms with Crippen molar-refractivity contribution in [1.29, 1.82) is 0 Å². The van der Waals surface area contributed by atoms with Gasteiger partial charge in [0.15, 0.2) is 0 Å². The van der Waals surface area contributed by atoms with Crippen molar-refractivity contribution in [2.75, 3.05) is 6.54 Å². The van der Waals surface area contributed by atoms with Crippen LogP contribution in [-0.2, 0) is 9.59 Å². The number of carbonyl (C=O) groups excluding carboxylic acids is 2. The second-order valence-electron chi connectivity index (χ2n) is 3.23. The number of nitrogens with zero attached hydrogens (tertiary/aromatic N) is 1. The monoisotopic (exact) mass is 163 g/mol. The summed E-state index contributed by atoms with van der Waals surface area (Å²) in [5.74, 6) is 2.41. The quantitative estimate of drug-likeness (QED) is 0.425. The molecule has 0 aromatic rings. The number of likely N-dealkylation sites (tertiary alicyclic amines) is 1. The average Bonchev–Trinajstić information content (AvgIpc) is 2.78. The van der Waals surface area contributed by atoms with Gasteiger partial charge < -0.3 is 0 Å². The van der Waals surface area contributed by atoms with Gasteiger partial charge in [0.1, 0.15) is 0 Å². The lowest BCUT2D eigenvalue weighted by atomic mass is 10.3. The summed E-state index contributed by atoms with van der Waals surface area (Å²) < 4.78 is 0. The van der Waals surface area contributed by atoms with Crippen LogP contribution in [0.1, 0.15) is 12.8 Å². The van der Waals surface area contributed by atoms with Crippen LogP contribution >= 0.6 is 0 Å². The molecule has 1 heterocycles. The average molecular weight is 163 g/mol. The lowest BCUT2D eigenvalue weighted by Gasteiger charge is -2.13. The Morgan fingerprint density at radius 3 is 2.50 bits per heavy atom. The zero-order valence-corrected chi connectivity index (χ0v) is 6.62. The number of carbonyl (C=O) groups is 2. The fourth-order valence-corrected chi connectivity index (χ4v) is 1.65. The molecular formula is C9H9NO2. The Balaban J connectivity index is 2.03. The van der Waals surface area contributed by atoms with E-state index in [1.165, 1.54) is 4.90 Å². The molecular weight excluding hydrogens is 154 g/mol. The molecule has 2 unspecified atom stereocenters. The molecule has 0 N–H and O–H groups in total. The highest BCUT2D eigenvalue weighted by Gasteiger charge is 2.58. The smallest absolute Gasteiger partial charge is 0.233 e. The molecule has 1 aliphatic carbocycles. The number of piperidine rings is 1. The standard InChI is InChI=1S/C9H9NO2/c1-2-3-4-10-8(11)6-5-7(6)9(10)12/h1,6-7H,3-5H2. The first kappa shape index (κ1) is 7.35. The SMILES string of the molecule is C#CCCN1C(=O)C2CC2C1=O. The minimum absolute atomic E-state index is 0.00951. The Hall–Kier alpha value is -1.30. The Morgan fingerprint density at radius 1 is 1.42 bits per heavy atom. The third-order valence-electron chi connectivity index (χ3n) is 2.44. The maximum absolute atomic E-state index is 11.3. The zero-order valence-electron chi connectivity index (χ0n) is 6.62. The van der Waals surface area contributed by atoms with Crippen LogP contribution in [0.15, 0.2) is 0 Å². The van der Waals surface area contributed by atoms with Gasteiger partial charge in [0.05, 0.1) is 11.8 Å². The highest BCUT2D eigenvalue weighted by Crippen LogP contribution is 2.46. The van der Waals surface area contributed by atoms with Crippen molar-refractivity contribution >= 4 is 11.8 Å². The van der Waals surface area contributed by atoms with Crippen LogP contribution in [0.5, 0.6) is 0 Å². The van der Waals surface area contributed by atoms with E-state index in [-0.39, 0.29) is 23.7 Å². The Morgan fingerprint density at radius 2 is 2.00 bits per heavy atom. The summed E-state index contributed by atoms with van der Waals surface area (Å²) in [4.78, 5) is 23.9. The van der Waals surface area contributed by atoms with Gasteiger partial charge in [-0.25, -0.2) is 0 Å². The molecule has 0 spiro atoms. The fourth-order valence-electron chi connectivity index (χ4n) is 1.65. The number of fused-ring (bicyclic) bond motifs is 1. The summed E-state index contributed by atoms with van der Waals surface area (Å²) in [5, 5.41) is 0. The normalized spacial score (nSPS) is 31.8. The van der Waals surface area contributed by atoms with Crippen molar-refractivity contribution in [3.8, 4) is 12.3 Å². The molecule has 12 heavy (non-hydrogen) atoms. The van der Waals surface area contributed by atoms with Gasteiger partial charge in [0.2, 0.25) is 11.8 Å². The predicted molar refractivity (Wildman–Crippen MR) is 41.8 cm³/mol. The van der Waals surface area contributed by atoms with E-state index in [2.05, 4.69) is 5.92 Å². The predicted octanol–water partition coefficient (Wildman–Crippen LogP) is 0.0146. The third-order valence-corrected chi connectivity index (χ3v) is 2.44. The first-order chi connectivity index (χ1) is 5.75. The second kappa shape index (κ2) is 2.34. The molecule has 3 heteroatoms. The van der Waals surface area contributed by atoms with Crippen molar-refractivity contribution in [3.63, 3.8) is 0 Å². The van der Waals surface area contributed by atoms with E-state index in [9.17, 15) is 9.59 Å². The Labute approximate surface area is 70.7 Å². The molecule has 0 bridgehead atoms. The van der Waals surface area contributed by atoms with E-state index in [4.69, 9.17) is 6.42 Å². The van der Waals surface area contributed by atoms with E-state index in [1.54, 1.807) is 0 Å². The number of imide groups is 1. The van der Waals surface area contributed by atoms with Crippen LogP contribution in [0.2, 0.25) is 0 Å². The number of hydrogen-bond acceptors (Lipinski definition) is 2. The molecule has 3 nitrogen and oxygen atoms in total. The van der Waals surface area contributed by atoms with Gasteiger partial charge in [-0.1, -0.05) is 0 Å². The second-order valence-corrected chi connectivity index (χ2v) is 3.23. The maximum Gasteiger partial charge on any atom is 0.233 e. The molecule has 2 aliphatic rings. The lowest BCUT2D eigenvalue weighted by Crippen LogP contribution is -2.33. The van der Waals surface area contributed by atoms with Gasteiger partial charge >= 0.3 is 0 Å². The molecule has 0 aromatic carbocycles. The Kier molecular flexibility index (Phi) is 1.44. The summed E-state index contributed by atoms with van der Waals surface area (Å²) in [6.07, 6.45) is 6.28. The number of hydrogen-bond donors (Lipinski definition) is 0. The molecule has 0 aromatic heterocycles. The minimum Gasteiger partial charge on any atom is -0.281 e. The fraction of sp³-hybridized carbons (Fsp3) is 0.556. The lowest BCUT2D eigenvalue weighted by molar-refractivity contribution is -0.141. The van der Waals surface area contributed by atoms with Gasteiger partial charge in [-0.05, 0) is 6.42 Å². The van der Waals surface area contributed by atoms with Crippen LogP contribution in [0.3, 0.4) is 0 Å². The van der Waals surface area contributed by atoms with Crippen LogP contribution in [-0.4, -0.2) is 23.3 Å². The van der Waals surface area contributed by atoms with E-state index >= 15 is 0 Å². The maximum atomic E-state index is 11.3. The molecule has 2 atom stereocenters. The van der Waals surface area contributed by atoms with Crippen molar-refractivity contribution in [1.82, 2.24) is 4.90 Å². The van der Waals surface area contributed by atoms with E-state index < -0.39 is 0 Å². The van der Waals surface area contributed by atoms with E-state index in [1.807, 2.05) is 0 Å². The zero-order chi connectivity index (χ0) is 8.72. The molecule has 2 rings (SSSR count). The number of amides is 2. The van der Waals surface area contributed by atoms with Crippen molar-refractivity contribution in [2.45, 2.75) is 12.8 Å². The van der Waals surface area contributed by atoms with Crippen molar-refractivity contribution < 1.29 is 9.59 Å². The molecule has 62 valence electrons. The van der Waals surface area contributed by atoms with Gasteiger partial charge in [0.25, 0.3) is 0 Å². The molecule has 1 aliphatic heterocycles. The highest BCUT2D eigenvalue weighted by atomic mass is 16.2. The van der Waals surface area contributed by atoms with Crippen LogP contribution in [0.4, 0.5) is 0 Å². The molecule has 2 amide bonds. The van der Waals surface area contributed by atoms with Crippen LogP contribution < -0.4 is 0 Å². The number of terminal acetylenes is 1. The molecule has 1 saturated heterocycles. The molecule has 0 radical (unpaired) electrons. The van der Waals surface area contributed by atoms with E-state index in [0.29, 0.717) is 13.0 Å². The van der Waals surface area contributed by atoms with Crippen molar-refractivity contribution in [3.05, 3.63) is 0 Å². The summed E-state index contributed by atoms with van der Waals surface area (Å²) in [6, 6.07) is 0. The topological polar surface area (TPSA) is 37.4 Å². The number of rotatable bonds is 2. The summed E-state index contributed by atoms with van der Waals surface area (Å²) in [7, 11) is 0. The first-order valence-electron chi connectivity index (χ1n) is 4.04. The summed E-state index contributed by atoms with van der Waals surface area (Å²) in [6.45, 7) is 0.404. The van der Waals surface area contributed by atoms with Crippen LogP contribution in [0, 0.1) is 24.2 Å². The van der Waals surface area contributed by atoms with E-state index in [0.717, 1.165) is 6.42 Å². The van der Waals surface area contributed by atoms with Crippen molar-refractivity contribution in [2.24, 2.45) is 11.8 Å². The van der Waals surface area contributed by atoms with Gasteiger partial charge in [-0.15, -0.1) is 12.3 Å². The first-order valence-corrected chi connectivity index (χ1v) is 4.04. The molecule has 2 fully saturated rings. The Bertz CT molecular complexity index is 269. The summed E-state index contributed by atoms with van der Waals surface area (Å²) >= 11 is 0. The largest absolute Gasteiger partial charge is 0.281 e. The summed E-state index contributed by atoms with van der Waals surface area (Å²) in [5.41, 5.74) is 0. The highest BCUT2D eigenvalue weighted by molar-refractivity contribution is 6.08. The van der Waals surface area contributed by atoms with Gasteiger partial charge in [-0.3, -0.25) is 14.5 Å². The third kappa shape index (κ3) is 0.845. The van der Waals surface area contributed by atoms with Gasteiger partial charge in [0, 0.05) is 13.0 Å². The van der Waals surface area contributed by atoms with Gasteiger partial charge in [-0.2, -0.15) is 0 Å². The molecule has 1 saturated carbocycles. The minimum atomic E-state index is -0.0137. The van der Waals surface area contributed by atoms with Crippen LogP contribution in [0.25, 0.3) is 0 Å².